The van der Waals surface area contributed by atoms with Crippen molar-refractivity contribution in [1.29, 1.82) is 0 Å². The Balaban J connectivity index is 2.42. The fourth-order valence-corrected chi connectivity index (χ4v) is 2.90. The maximum absolute atomic E-state index is 12.1. The van der Waals surface area contributed by atoms with Gasteiger partial charge in [0, 0.05) is 24.8 Å². The first kappa shape index (κ1) is 15.3. The molecule has 6 heteroatoms. The highest BCUT2D eigenvalue weighted by Crippen LogP contribution is 2.21. The number of nitrogens with zero attached hydrogens (tertiary/aromatic N) is 1. The van der Waals surface area contributed by atoms with E-state index in [4.69, 9.17) is 10.8 Å². The van der Waals surface area contributed by atoms with Crippen LogP contribution in [-0.2, 0) is 9.59 Å². The molecule has 104 valence electrons. The lowest BCUT2D eigenvalue weighted by atomic mass is 10.1. The second-order valence-electron chi connectivity index (χ2n) is 4.65. The van der Waals surface area contributed by atoms with Crippen molar-refractivity contribution in [2.24, 2.45) is 5.73 Å². The van der Waals surface area contributed by atoms with Crippen molar-refractivity contribution in [3.05, 3.63) is 0 Å². The van der Waals surface area contributed by atoms with E-state index in [-0.39, 0.29) is 18.7 Å². The van der Waals surface area contributed by atoms with Crippen molar-refractivity contribution in [3.63, 3.8) is 0 Å². The summed E-state index contributed by atoms with van der Waals surface area (Å²) in [6, 6.07) is -0.674. The van der Waals surface area contributed by atoms with Crippen molar-refractivity contribution < 1.29 is 14.7 Å². The predicted octanol–water partition coefficient (Wildman–Crippen LogP) is 0.923. The Hall–Kier alpha value is -0.750. The second kappa shape index (κ2) is 7.63. The van der Waals surface area contributed by atoms with Gasteiger partial charge in [-0.05, 0) is 31.9 Å². The number of rotatable bonds is 5. The zero-order valence-electron chi connectivity index (χ0n) is 10.8. The third-order valence-corrected chi connectivity index (χ3v) is 4.44. The number of hydrogen-bond donors (Lipinski definition) is 2. The van der Waals surface area contributed by atoms with Crippen molar-refractivity contribution in [2.75, 3.05) is 19.3 Å². The summed E-state index contributed by atoms with van der Waals surface area (Å²) in [5, 5.41) is 9.21. The minimum absolute atomic E-state index is 0.0474. The number of carboxylic acid groups (broad SMARTS) is 1. The first-order chi connectivity index (χ1) is 8.54. The topological polar surface area (TPSA) is 83.6 Å². The Kier molecular flexibility index (Phi) is 6.49. The molecule has 0 aliphatic carbocycles. The Labute approximate surface area is 112 Å². The summed E-state index contributed by atoms with van der Waals surface area (Å²) < 4.78 is 0. The summed E-state index contributed by atoms with van der Waals surface area (Å²) in [5.41, 5.74) is 5.75. The molecule has 0 bridgehead atoms. The number of nitrogens with two attached hydrogens (primary N) is 1. The van der Waals surface area contributed by atoms with Crippen LogP contribution in [0.3, 0.4) is 0 Å². The summed E-state index contributed by atoms with van der Waals surface area (Å²) in [7, 11) is 0. The van der Waals surface area contributed by atoms with Crippen LogP contribution >= 0.6 is 11.8 Å². The number of likely N-dealkylation sites (tertiary alicyclic amines) is 1. The van der Waals surface area contributed by atoms with Crippen LogP contribution in [-0.4, -0.2) is 52.5 Å². The predicted molar refractivity (Wildman–Crippen MR) is 72.6 cm³/mol. The van der Waals surface area contributed by atoms with E-state index in [0.29, 0.717) is 5.25 Å². The van der Waals surface area contributed by atoms with E-state index in [0.717, 1.165) is 32.4 Å². The molecule has 1 aliphatic heterocycles. The van der Waals surface area contributed by atoms with Crippen LogP contribution in [0.5, 0.6) is 0 Å². The van der Waals surface area contributed by atoms with Crippen LogP contribution in [0.2, 0.25) is 0 Å². The molecular formula is C12H22N2O3S. The fourth-order valence-electron chi connectivity index (χ4n) is 2.16. The van der Waals surface area contributed by atoms with Gasteiger partial charge in [-0.2, -0.15) is 11.8 Å². The summed E-state index contributed by atoms with van der Waals surface area (Å²) >= 11 is 1.85. The van der Waals surface area contributed by atoms with Gasteiger partial charge in [0.05, 0.1) is 6.04 Å². The largest absolute Gasteiger partial charge is 0.481 e. The van der Waals surface area contributed by atoms with Gasteiger partial charge in [0.2, 0.25) is 5.91 Å². The van der Waals surface area contributed by atoms with Crippen molar-refractivity contribution in [1.82, 2.24) is 4.90 Å². The Morgan fingerprint density at radius 2 is 2.17 bits per heavy atom. The van der Waals surface area contributed by atoms with Crippen LogP contribution < -0.4 is 5.73 Å². The molecular weight excluding hydrogens is 252 g/mol. The summed E-state index contributed by atoms with van der Waals surface area (Å²) in [5.74, 6) is -1.01. The minimum Gasteiger partial charge on any atom is -0.481 e. The smallest absolute Gasteiger partial charge is 0.303 e. The molecule has 1 amide bonds. The molecule has 0 aromatic carbocycles. The average molecular weight is 274 g/mol. The maximum atomic E-state index is 12.1. The van der Waals surface area contributed by atoms with Gasteiger partial charge in [0.15, 0.2) is 0 Å². The number of amides is 1. The molecule has 1 rings (SSSR count). The lowest BCUT2D eigenvalue weighted by Gasteiger charge is -2.23. The fraction of sp³-hybridized carbons (Fsp3) is 0.833. The van der Waals surface area contributed by atoms with Gasteiger partial charge in [0.1, 0.15) is 0 Å². The number of aliphatic carboxylic acids is 1. The van der Waals surface area contributed by atoms with Crippen LogP contribution in [0.4, 0.5) is 0 Å². The second-order valence-corrected chi connectivity index (χ2v) is 5.79. The van der Waals surface area contributed by atoms with Gasteiger partial charge in [-0.3, -0.25) is 9.59 Å². The van der Waals surface area contributed by atoms with Crippen molar-refractivity contribution in [3.8, 4) is 0 Å². The number of carbonyl (C=O) groups excluding carboxylic acids is 1. The molecule has 1 fully saturated rings. The van der Waals surface area contributed by atoms with E-state index in [9.17, 15) is 9.59 Å². The van der Waals surface area contributed by atoms with Gasteiger partial charge in [-0.15, -0.1) is 0 Å². The van der Waals surface area contributed by atoms with E-state index in [1.165, 1.54) is 0 Å². The summed E-state index contributed by atoms with van der Waals surface area (Å²) in [6.07, 6.45) is 5.41. The minimum atomic E-state index is -0.906. The van der Waals surface area contributed by atoms with Crippen molar-refractivity contribution in [2.45, 2.75) is 43.4 Å². The van der Waals surface area contributed by atoms with Gasteiger partial charge in [0.25, 0.3) is 0 Å². The average Bonchev–Trinajstić information content (AvgIpc) is 2.60. The van der Waals surface area contributed by atoms with Crippen LogP contribution in [0, 0.1) is 0 Å². The number of hydrogen-bond acceptors (Lipinski definition) is 4. The van der Waals surface area contributed by atoms with E-state index in [1.54, 1.807) is 4.90 Å². The van der Waals surface area contributed by atoms with Gasteiger partial charge in [-0.25, -0.2) is 0 Å². The summed E-state index contributed by atoms with van der Waals surface area (Å²) in [4.78, 5) is 24.3. The van der Waals surface area contributed by atoms with Crippen LogP contribution in [0.1, 0.15) is 32.1 Å². The quantitative estimate of drug-likeness (QED) is 0.779. The van der Waals surface area contributed by atoms with Crippen LogP contribution in [0.25, 0.3) is 0 Å². The first-order valence-corrected chi connectivity index (χ1v) is 7.62. The zero-order valence-corrected chi connectivity index (χ0v) is 11.6. The van der Waals surface area contributed by atoms with Gasteiger partial charge >= 0.3 is 5.97 Å². The highest BCUT2D eigenvalue weighted by molar-refractivity contribution is 7.99. The molecule has 18 heavy (non-hydrogen) atoms. The number of thioether (sulfide) groups is 1. The molecule has 5 nitrogen and oxygen atoms in total. The van der Waals surface area contributed by atoms with E-state index < -0.39 is 12.0 Å². The number of carbonyl (C=O) groups is 2. The van der Waals surface area contributed by atoms with Gasteiger partial charge < -0.3 is 15.7 Å². The normalized spacial score (nSPS) is 22.3. The van der Waals surface area contributed by atoms with E-state index >= 15 is 0 Å². The molecule has 0 spiro atoms. The molecule has 0 aromatic rings. The van der Waals surface area contributed by atoms with Gasteiger partial charge in [-0.1, -0.05) is 0 Å². The first-order valence-electron chi connectivity index (χ1n) is 6.33. The van der Waals surface area contributed by atoms with E-state index in [2.05, 4.69) is 6.26 Å². The lowest BCUT2D eigenvalue weighted by molar-refractivity contribution is -0.137. The Morgan fingerprint density at radius 1 is 1.44 bits per heavy atom. The SMILES string of the molecule is CSC1CCCN(C(=O)C(N)CCC(=O)O)CC1. The molecule has 0 aromatic heterocycles. The molecule has 1 saturated heterocycles. The highest BCUT2D eigenvalue weighted by Gasteiger charge is 2.24. The Bertz CT molecular complexity index is 299. The zero-order chi connectivity index (χ0) is 13.5. The van der Waals surface area contributed by atoms with Crippen molar-refractivity contribution >= 4 is 23.6 Å². The Morgan fingerprint density at radius 3 is 2.78 bits per heavy atom. The maximum Gasteiger partial charge on any atom is 0.303 e. The lowest BCUT2D eigenvalue weighted by Crippen LogP contribution is -2.44. The third kappa shape index (κ3) is 4.86. The standard InChI is InChI=1S/C12H22N2O3S/c1-18-9-3-2-7-14(8-6-9)12(17)10(13)4-5-11(15)16/h9-10H,2-8,13H2,1H3,(H,15,16). The molecule has 1 aliphatic rings. The molecule has 2 atom stereocenters. The highest BCUT2D eigenvalue weighted by atomic mass is 32.2. The monoisotopic (exact) mass is 274 g/mol. The summed E-state index contributed by atoms with van der Waals surface area (Å²) in [6.45, 7) is 1.49. The third-order valence-electron chi connectivity index (χ3n) is 3.31. The molecule has 0 saturated carbocycles. The number of carboxylic acids is 1. The van der Waals surface area contributed by atoms with E-state index in [1.807, 2.05) is 11.8 Å². The molecule has 3 N–H and O–H groups in total. The molecule has 2 unspecified atom stereocenters. The molecule has 0 radical (unpaired) electrons. The van der Waals surface area contributed by atoms with Crippen LogP contribution in [0.15, 0.2) is 0 Å². The molecule has 1 heterocycles.